The van der Waals surface area contributed by atoms with Crippen molar-refractivity contribution in [2.75, 3.05) is 40.9 Å². The van der Waals surface area contributed by atoms with Crippen LogP contribution in [0.1, 0.15) is 5.69 Å². The molecule has 1 atom stereocenters. The molecule has 28 heavy (non-hydrogen) atoms. The molecule has 1 aromatic carbocycles. The number of carbonyl (C=O) groups excluding carboxylic acids is 1. The minimum Gasteiger partial charge on any atom is -0.616 e. The minimum atomic E-state index is -0.946. The van der Waals surface area contributed by atoms with Crippen molar-refractivity contribution in [1.29, 1.82) is 0 Å². The lowest BCUT2D eigenvalue weighted by molar-refractivity contribution is 0.129. The van der Waals surface area contributed by atoms with E-state index >= 15 is 0 Å². The van der Waals surface area contributed by atoms with Crippen LogP contribution in [0.3, 0.4) is 0 Å². The van der Waals surface area contributed by atoms with E-state index in [-0.39, 0.29) is 17.9 Å². The molecule has 3 heterocycles. The summed E-state index contributed by atoms with van der Waals surface area (Å²) in [7, 11) is 0. The van der Waals surface area contributed by atoms with E-state index in [1.807, 2.05) is 0 Å². The molecule has 11 heteroatoms. The van der Waals surface area contributed by atoms with Gasteiger partial charge < -0.3 is 14.2 Å². The molecule has 8 nitrogen and oxygen atoms in total. The van der Waals surface area contributed by atoms with Gasteiger partial charge in [-0.15, -0.1) is 5.10 Å². The van der Waals surface area contributed by atoms with Crippen LogP contribution in [-0.4, -0.2) is 62.9 Å². The second-order valence-electron chi connectivity index (χ2n) is 6.79. The Balaban J connectivity index is 1.50. The van der Waals surface area contributed by atoms with E-state index in [4.69, 9.17) is 4.74 Å². The number of aromatic nitrogens is 3. The van der Waals surface area contributed by atoms with Crippen molar-refractivity contribution in [3.05, 3.63) is 35.7 Å². The van der Waals surface area contributed by atoms with E-state index in [9.17, 15) is 18.1 Å². The summed E-state index contributed by atoms with van der Waals surface area (Å²) in [5.74, 6) is -0.762. The fourth-order valence-electron chi connectivity index (χ4n) is 3.39. The second kappa shape index (κ2) is 7.55. The van der Waals surface area contributed by atoms with Gasteiger partial charge in [-0.3, -0.25) is 4.90 Å². The highest BCUT2D eigenvalue weighted by molar-refractivity contribution is 7.91. The lowest BCUT2D eigenvalue weighted by Crippen LogP contribution is -2.41. The van der Waals surface area contributed by atoms with E-state index in [0.717, 1.165) is 17.8 Å². The number of halogens is 2. The number of ether oxygens (including phenoxy) is 1. The summed E-state index contributed by atoms with van der Waals surface area (Å²) < 4.78 is 47.6. The molecule has 1 aromatic heterocycles. The number of aryl methyl sites for hydroxylation is 1. The summed E-state index contributed by atoms with van der Waals surface area (Å²) in [5, 5.41) is 7.78. The van der Waals surface area contributed by atoms with Crippen LogP contribution in [-0.2, 0) is 22.5 Å². The molecule has 1 amide bonds. The molecule has 0 saturated carbocycles. The second-order valence-corrected chi connectivity index (χ2v) is 8.49. The van der Waals surface area contributed by atoms with E-state index in [2.05, 4.69) is 10.3 Å². The summed E-state index contributed by atoms with van der Waals surface area (Å²) in [6.07, 6.45) is 0.550. The number of rotatable bonds is 4. The largest absolute Gasteiger partial charge is 0.616 e. The highest BCUT2D eigenvalue weighted by Crippen LogP contribution is 2.31. The monoisotopic (exact) mass is 411 g/mol. The molecule has 0 N–H and O–H groups in total. The van der Waals surface area contributed by atoms with Gasteiger partial charge in [-0.1, -0.05) is 16.4 Å². The van der Waals surface area contributed by atoms with Crippen molar-refractivity contribution in [2.24, 2.45) is 0 Å². The molecule has 2 fully saturated rings. The first-order chi connectivity index (χ1) is 13.4. The predicted octanol–water partition coefficient (Wildman–Crippen LogP) is 1.46. The van der Waals surface area contributed by atoms with E-state index < -0.39 is 35.0 Å². The molecule has 2 saturated heterocycles. The summed E-state index contributed by atoms with van der Waals surface area (Å²) >= 11 is -0.946. The molecule has 2 aliphatic heterocycles. The van der Waals surface area contributed by atoms with Gasteiger partial charge in [0.05, 0.1) is 37.6 Å². The molecule has 4 rings (SSSR count). The normalized spacial score (nSPS) is 20.7. The summed E-state index contributed by atoms with van der Waals surface area (Å²) in [6, 6.07) is 2.26. The van der Waals surface area contributed by atoms with Gasteiger partial charge >= 0.3 is 6.09 Å². The van der Waals surface area contributed by atoms with Crippen LogP contribution in [0.4, 0.5) is 25.0 Å². The Labute approximate surface area is 163 Å². The number of hydrogen-bond acceptors (Lipinski definition) is 6. The molecule has 150 valence electrons. The smallest absolute Gasteiger partial charge is 0.414 e. The average molecular weight is 411 g/mol. The Bertz CT molecular complexity index is 864. The Morgan fingerprint density at radius 3 is 2.57 bits per heavy atom. The molecule has 0 spiro atoms. The zero-order valence-corrected chi connectivity index (χ0v) is 16.0. The highest BCUT2D eigenvalue weighted by atomic mass is 32.2. The lowest BCUT2D eigenvalue weighted by Gasteiger charge is -2.30. The fraction of sp³-hybridized carbons (Fsp3) is 0.471. The van der Waals surface area contributed by atoms with Crippen LogP contribution in [0.25, 0.3) is 0 Å². The zero-order chi connectivity index (χ0) is 19.8. The molecular formula is C17H19F2N5O3S. The van der Waals surface area contributed by atoms with Crippen LogP contribution < -0.4 is 9.80 Å². The molecule has 2 aromatic rings. The molecule has 0 unspecified atom stereocenters. The summed E-state index contributed by atoms with van der Waals surface area (Å²) in [5.41, 5.74) is 0.687. The van der Waals surface area contributed by atoms with E-state index in [0.29, 0.717) is 31.1 Å². The van der Waals surface area contributed by atoms with Gasteiger partial charge in [0.2, 0.25) is 0 Å². The van der Waals surface area contributed by atoms with Gasteiger partial charge in [-0.25, -0.2) is 18.3 Å². The molecule has 0 bridgehead atoms. The topological polar surface area (TPSA) is 86.5 Å². The first kappa shape index (κ1) is 18.9. The van der Waals surface area contributed by atoms with Crippen molar-refractivity contribution in [2.45, 2.75) is 19.6 Å². The van der Waals surface area contributed by atoms with Crippen molar-refractivity contribution < 1.29 is 22.9 Å². The van der Waals surface area contributed by atoms with Crippen molar-refractivity contribution in [3.63, 3.8) is 0 Å². The number of cyclic esters (lactones) is 1. The lowest BCUT2D eigenvalue weighted by atomic mass is 10.2. The Morgan fingerprint density at radius 1 is 1.29 bits per heavy atom. The minimum absolute atomic E-state index is 0.0987. The maximum atomic E-state index is 14.7. The third-order valence-corrected chi connectivity index (χ3v) is 6.00. The van der Waals surface area contributed by atoms with Crippen LogP contribution >= 0.6 is 0 Å². The summed E-state index contributed by atoms with van der Waals surface area (Å²) in [4.78, 5) is 14.9. The van der Waals surface area contributed by atoms with Crippen LogP contribution in [0.2, 0.25) is 0 Å². The number of benzene rings is 1. The average Bonchev–Trinajstić information content (AvgIpc) is 3.21. The molecule has 0 aliphatic carbocycles. The molecule has 2 aliphatic rings. The summed E-state index contributed by atoms with van der Waals surface area (Å²) in [6.45, 7) is 2.90. The first-order valence-electron chi connectivity index (χ1n) is 8.84. The predicted molar refractivity (Wildman–Crippen MR) is 98.8 cm³/mol. The highest BCUT2D eigenvalue weighted by Gasteiger charge is 2.34. The maximum absolute atomic E-state index is 14.7. The third kappa shape index (κ3) is 3.76. The first-order valence-corrected chi connectivity index (χ1v) is 10.3. The Morgan fingerprint density at radius 2 is 1.96 bits per heavy atom. The van der Waals surface area contributed by atoms with E-state index in [1.165, 1.54) is 4.90 Å². The van der Waals surface area contributed by atoms with Gasteiger partial charge in [0.25, 0.3) is 0 Å². The van der Waals surface area contributed by atoms with Crippen LogP contribution in [0.15, 0.2) is 18.3 Å². The number of hydrogen-bond donors (Lipinski definition) is 0. The Hall–Kier alpha value is -2.40. The molecular weight excluding hydrogens is 392 g/mol. The third-order valence-electron chi connectivity index (χ3n) is 4.73. The maximum Gasteiger partial charge on any atom is 0.414 e. The van der Waals surface area contributed by atoms with Crippen LogP contribution in [0, 0.1) is 18.6 Å². The SMILES string of the molecule is Cc1cn(C[C@H]2CN(c3cc(F)c(N4CC[S+]([O-])CC4)c(F)c3)C(=O)O2)nn1. The van der Waals surface area contributed by atoms with Crippen molar-refractivity contribution >= 4 is 28.6 Å². The fourth-order valence-corrected chi connectivity index (χ4v) is 4.44. The van der Waals surface area contributed by atoms with Gasteiger partial charge in [0.15, 0.2) is 11.6 Å². The number of nitrogens with zero attached hydrogens (tertiary/aromatic N) is 5. The number of anilines is 2. The standard InChI is InChI=1S/C17H19F2N5O3S/c1-11-8-23(21-20-11)9-13-10-24(17(25)27-13)12-6-14(18)16(15(19)7-12)22-2-4-28(26)5-3-22/h6-8,13H,2-5,9-10H2,1H3/t13-/m0/s1. The quantitative estimate of drug-likeness (QED) is 0.708. The van der Waals surface area contributed by atoms with Gasteiger partial charge in [-0.05, 0) is 6.92 Å². The zero-order valence-electron chi connectivity index (χ0n) is 15.2. The van der Waals surface area contributed by atoms with Gasteiger partial charge in [-0.2, -0.15) is 0 Å². The Kier molecular flexibility index (Phi) is 5.11. The van der Waals surface area contributed by atoms with Gasteiger partial charge in [0, 0.05) is 18.3 Å². The van der Waals surface area contributed by atoms with Gasteiger partial charge in [0.1, 0.15) is 23.3 Å². The van der Waals surface area contributed by atoms with Crippen LogP contribution in [0.5, 0.6) is 0 Å². The number of amides is 1. The molecule has 0 radical (unpaired) electrons. The van der Waals surface area contributed by atoms with Crippen molar-refractivity contribution in [3.8, 4) is 0 Å². The van der Waals surface area contributed by atoms with E-state index in [1.54, 1.807) is 22.7 Å². The number of carbonyl (C=O) groups is 1. The van der Waals surface area contributed by atoms with Crippen molar-refractivity contribution in [1.82, 2.24) is 15.0 Å².